The summed E-state index contributed by atoms with van der Waals surface area (Å²) in [7, 11) is 1.38. The first kappa shape index (κ1) is 19.7. The van der Waals surface area contributed by atoms with Gasteiger partial charge in [-0.15, -0.1) is 0 Å². The van der Waals surface area contributed by atoms with Crippen molar-refractivity contribution in [2.45, 2.75) is 0 Å². The van der Waals surface area contributed by atoms with Crippen molar-refractivity contribution >= 4 is 40.7 Å². The van der Waals surface area contributed by atoms with Gasteiger partial charge in [0.05, 0.1) is 23.0 Å². The highest BCUT2D eigenvalue weighted by atomic mass is 32.1. The molecule has 148 valence electrons. The van der Waals surface area contributed by atoms with Crippen molar-refractivity contribution in [3.8, 4) is 17.2 Å². The average Bonchev–Trinajstić information content (AvgIpc) is 2.98. The maximum absolute atomic E-state index is 11.8. The zero-order valence-electron chi connectivity index (χ0n) is 14.7. The van der Waals surface area contributed by atoms with E-state index in [9.17, 15) is 25.0 Å². The fraction of sp³-hybridized carbons (Fsp3) is 0.0588. The lowest BCUT2D eigenvalue weighted by Gasteiger charge is -2.11. The van der Waals surface area contributed by atoms with Crippen molar-refractivity contribution in [3.05, 3.63) is 67.9 Å². The number of benzene rings is 2. The number of hydrogen-bond acceptors (Lipinski definition) is 8. The van der Waals surface area contributed by atoms with Crippen LogP contribution in [0.2, 0.25) is 0 Å². The molecule has 0 aromatic heterocycles. The molecule has 2 N–H and O–H groups in total. The minimum absolute atomic E-state index is 0.111. The first-order valence-corrected chi connectivity index (χ1v) is 8.32. The molecule has 11 nitrogen and oxygen atoms in total. The van der Waals surface area contributed by atoms with Crippen LogP contribution in [0, 0.1) is 20.2 Å². The number of methoxy groups -OCH3 is 1. The van der Waals surface area contributed by atoms with E-state index >= 15 is 0 Å². The largest absolute Gasteiger partial charge is 0.493 e. The molecule has 0 radical (unpaired) electrons. The fourth-order valence-electron chi connectivity index (χ4n) is 2.48. The van der Waals surface area contributed by atoms with E-state index in [0.29, 0.717) is 5.56 Å². The van der Waals surface area contributed by atoms with Crippen molar-refractivity contribution < 1.29 is 24.1 Å². The molecule has 0 atom stereocenters. The molecule has 3 rings (SSSR count). The second-order valence-corrected chi connectivity index (χ2v) is 6.05. The molecule has 29 heavy (non-hydrogen) atoms. The van der Waals surface area contributed by atoms with Crippen molar-refractivity contribution in [2.24, 2.45) is 0 Å². The number of nitrogens with zero attached hydrogens (tertiary/aromatic N) is 2. The van der Waals surface area contributed by atoms with Gasteiger partial charge in [-0.25, -0.2) is 0 Å². The third-order valence-electron chi connectivity index (χ3n) is 3.79. The van der Waals surface area contributed by atoms with Crippen LogP contribution < -0.4 is 20.1 Å². The Morgan fingerprint density at radius 1 is 1.00 bits per heavy atom. The Balaban J connectivity index is 2.00. The molecular weight excluding hydrogens is 404 g/mol. The van der Waals surface area contributed by atoms with Gasteiger partial charge in [0.2, 0.25) is 5.75 Å². The maximum atomic E-state index is 11.8. The van der Waals surface area contributed by atoms with Gasteiger partial charge in [-0.1, -0.05) is 6.07 Å². The molecule has 1 aliphatic rings. The number of hydrogen-bond donors (Lipinski definition) is 2. The van der Waals surface area contributed by atoms with Gasteiger partial charge in [0.1, 0.15) is 5.70 Å². The second kappa shape index (κ2) is 7.90. The van der Waals surface area contributed by atoms with Gasteiger partial charge in [-0.2, -0.15) is 0 Å². The summed E-state index contributed by atoms with van der Waals surface area (Å²) < 4.78 is 10.8. The molecule has 1 saturated heterocycles. The topological polar surface area (TPSA) is 146 Å². The Bertz CT molecular complexity index is 1080. The fourth-order valence-corrected chi connectivity index (χ4v) is 2.68. The molecule has 1 heterocycles. The summed E-state index contributed by atoms with van der Waals surface area (Å²) in [4.78, 5) is 32.4. The first-order chi connectivity index (χ1) is 13.8. The van der Waals surface area contributed by atoms with E-state index in [1.807, 2.05) is 0 Å². The number of amides is 1. The predicted molar refractivity (Wildman–Crippen MR) is 105 cm³/mol. The van der Waals surface area contributed by atoms with E-state index in [1.54, 1.807) is 12.1 Å². The van der Waals surface area contributed by atoms with E-state index in [2.05, 4.69) is 10.6 Å². The number of rotatable bonds is 6. The molecule has 1 aliphatic heterocycles. The van der Waals surface area contributed by atoms with Crippen molar-refractivity contribution in [1.82, 2.24) is 10.6 Å². The summed E-state index contributed by atoms with van der Waals surface area (Å²) in [6, 6.07) is 7.71. The predicted octanol–water partition coefficient (Wildman–Crippen LogP) is 2.65. The minimum atomic E-state index is -0.783. The maximum Gasteiger partial charge on any atom is 0.318 e. The molecule has 0 saturated carbocycles. The van der Waals surface area contributed by atoms with Gasteiger partial charge in [0.25, 0.3) is 11.6 Å². The third-order valence-corrected chi connectivity index (χ3v) is 3.99. The number of carbonyl (C=O) groups excluding carboxylic acids is 1. The van der Waals surface area contributed by atoms with Crippen molar-refractivity contribution in [3.63, 3.8) is 0 Å². The molecule has 0 unspecified atom stereocenters. The van der Waals surface area contributed by atoms with Gasteiger partial charge in [0, 0.05) is 6.07 Å². The number of nitro groups is 2. The number of non-ortho nitro benzene ring substituents is 1. The summed E-state index contributed by atoms with van der Waals surface area (Å²) in [5, 5.41) is 27.5. The molecule has 2 aromatic rings. The smallest absolute Gasteiger partial charge is 0.318 e. The van der Waals surface area contributed by atoms with Gasteiger partial charge >= 0.3 is 5.69 Å². The zero-order valence-corrected chi connectivity index (χ0v) is 15.5. The van der Waals surface area contributed by atoms with E-state index in [0.717, 1.165) is 18.2 Å². The lowest BCUT2D eigenvalue weighted by atomic mass is 10.1. The summed E-state index contributed by atoms with van der Waals surface area (Å²) in [6.07, 6.45) is 1.51. The highest BCUT2D eigenvalue weighted by Crippen LogP contribution is 2.38. The van der Waals surface area contributed by atoms with E-state index < -0.39 is 27.1 Å². The van der Waals surface area contributed by atoms with Gasteiger partial charge in [-0.3, -0.25) is 30.3 Å². The molecule has 0 bridgehead atoms. The first-order valence-electron chi connectivity index (χ1n) is 7.91. The van der Waals surface area contributed by atoms with Gasteiger partial charge in [0.15, 0.2) is 16.6 Å². The van der Waals surface area contributed by atoms with Crippen molar-refractivity contribution in [2.75, 3.05) is 7.11 Å². The molecule has 12 heteroatoms. The monoisotopic (exact) mass is 416 g/mol. The Hall–Kier alpha value is -4.06. The number of nitrogens with one attached hydrogen (secondary N) is 2. The van der Waals surface area contributed by atoms with E-state index in [-0.39, 0.29) is 28.1 Å². The molecule has 2 aromatic carbocycles. The van der Waals surface area contributed by atoms with Crippen LogP contribution in [-0.4, -0.2) is 28.0 Å². The van der Waals surface area contributed by atoms with Crippen LogP contribution in [-0.2, 0) is 4.79 Å². The lowest BCUT2D eigenvalue weighted by molar-refractivity contribution is -0.394. The van der Waals surface area contributed by atoms with Gasteiger partial charge < -0.3 is 14.8 Å². The van der Waals surface area contributed by atoms with Crippen molar-refractivity contribution in [1.29, 1.82) is 0 Å². The van der Waals surface area contributed by atoms with Crippen LogP contribution >= 0.6 is 12.2 Å². The number of thiocarbonyl (C=S) groups is 1. The van der Waals surface area contributed by atoms with Crippen LogP contribution in [0.1, 0.15) is 5.56 Å². The van der Waals surface area contributed by atoms with Crippen LogP contribution in [0.3, 0.4) is 0 Å². The molecular formula is C17H12N4O7S. The quantitative estimate of drug-likeness (QED) is 0.314. The Labute approximate surface area is 168 Å². The standard InChI is InChI=1S/C17H12N4O7S/c1-27-14-4-2-9(6-11-16(22)19-17(29)18-11)7-15(14)28-13-5-3-10(20(23)24)8-12(13)21(25)26/h2-8H,1H3,(H2,18,19,22,29). The summed E-state index contributed by atoms with van der Waals surface area (Å²) >= 11 is 4.87. The highest BCUT2D eigenvalue weighted by Gasteiger charge is 2.23. The molecule has 0 aliphatic carbocycles. The Kier molecular flexibility index (Phi) is 5.36. The SMILES string of the molecule is COc1ccc(C=C2NC(=S)NC2=O)cc1Oc1ccc([N+](=O)[O-])cc1[N+](=O)[O-]. The molecule has 1 amide bonds. The van der Waals surface area contributed by atoms with E-state index in [1.165, 1.54) is 19.3 Å². The zero-order chi connectivity index (χ0) is 21.1. The average molecular weight is 416 g/mol. The summed E-state index contributed by atoms with van der Waals surface area (Å²) in [5.41, 5.74) is -0.281. The lowest BCUT2D eigenvalue weighted by Crippen LogP contribution is -2.21. The highest BCUT2D eigenvalue weighted by molar-refractivity contribution is 7.80. The number of nitro benzene ring substituents is 2. The van der Waals surface area contributed by atoms with Crippen LogP contribution in [0.4, 0.5) is 11.4 Å². The Morgan fingerprint density at radius 2 is 1.72 bits per heavy atom. The number of ether oxygens (including phenoxy) is 2. The van der Waals surface area contributed by atoms with Crippen LogP contribution in [0.5, 0.6) is 17.2 Å². The van der Waals surface area contributed by atoms with Gasteiger partial charge in [-0.05, 0) is 42.1 Å². The normalized spacial score (nSPS) is 14.3. The minimum Gasteiger partial charge on any atom is -0.493 e. The Morgan fingerprint density at radius 3 is 2.31 bits per heavy atom. The summed E-state index contributed by atoms with van der Waals surface area (Å²) in [6.45, 7) is 0. The second-order valence-electron chi connectivity index (χ2n) is 5.64. The summed E-state index contributed by atoms with van der Waals surface area (Å²) in [5.74, 6) is -0.236. The third kappa shape index (κ3) is 4.27. The van der Waals surface area contributed by atoms with Crippen LogP contribution in [0.15, 0.2) is 42.1 Å². The molecule has 0 spiro atoms. The number of carbonyl (C=O) groups is 1. The molecule has 1 fully saturated rings. The van der Waals surface area contributed by atoms with Crippen LogP contribution in [0.25, 0.3) is 6.08 Å². The van der Waals surface area contributed by atoms with E-state index in [4.69, 9.17) is 21.7 Å².